The van der Waals surface area contributed by atoms with Gasteiger partial charge in [-0.1, -0.05) is 12.1 Å². The maximum atomic E-state index is 11.7. The molecule has 1 unspecified atom stereocenters. The summed E-state index contributed by atoms with van der Waals surface area (Å²) in [6.07, 6.45) is 0. The number of urea groups is 1. The van der Waals surface area contributed by atoms with Gasteiger partial charge in [0.2, 0.25) is 0 Å². The Kier molecular flexibility index (Phi) is 4.82. The molecular weight excluding hydrogens is 288 g/mol. The molecule has 21 heavy (non-hydrogen) atoms. The smallest absolute Gasteiger partial charge is 0.315 e. The van der Waals surface area contributed by atoms with E-state index in [1.165, 1.54) is 11.3 Å². The summed E-state index contributed by atoms with van der Waals surface area (Å²) in [5.41, 5.74) is 0.578. The molecule has 112 valence electrons. The van der Waals surface area contributed by atoms with E-state index < -0.39 is 5.60 Å². The molecule has 1 aromatic carbocycles. The van der Waals surface area contributed by atoms with Crippen LogP contribution in [0.1, 0.15) is 18.1 Å². The first-order valence-corrected chi connectivity index (χ1v) is 7.46. The second-order valence-electron chi connectivity index (χ2n) is 4.99. The van der Waals surface area contributed by atoms with Crippen molar-refractivity contribution < 1.29 is 15.0 Å². The van der Waals surface area contributed by atoms with Gasteiger partial charge in [-0.3, -0.25) is 0 Å². The third-order valence-corrected chi connectivity index (χ3v) is 3.81. The van der Waals surface area contributed by atoms with Gasteiger partial charge in [0.15, 0.2) is 0 Å². The molecule has 4 N–H and O–H groups in total. The molecule has 5 nitrogen and oxygen atoms in total. The summed E-state index contributed by atoms with van der Waals surface area (Å²) in [6.45, 7) is 2.15. The minimum Gasteiger partial charge on any atom is -0.508 e. The Labute approximate surface area is 127 Å². The topological polar surface area (TPSA) is 81.6 Å². The van der Waals surface area contributed by atoms with E-state index in [0.29, 0.717) is 6.54 Å². The number of rotatable bonds is 5. The molecule has 0 fully saturated rings. The minimum absolute atomic E-state index is 0.130. The van der Waals surface area contributed by atoms with E-state index in [9.17, 15) is 15.0 Å². The summed E-state index contributed by atoms with van der Waals surface area (Å²) < 4.78 is 0. The molecule has 1 aromatic heterocycles. The number of nitrogens with one attached hydrogen (secondary N) is 2. The summed E-state index contributed by atoms with van der Waals surface area (Å²) in [5.74, 6) is 0.190. The second-order valence-corrected chi connectivity index (χ2v) is 5.77. The fourth-order valence-corrected chi connectivity index (χ4v) is 2.57. The van der Waals surface area contributed by atoms with E-state index in [4.69, 9.17) is 0 Å². The van der Waals surface area contributed by atoms with E-state index >= 15 is 0 Å². The van der Waals surface area contributed by atoms with E-state index in [1.807, 2.05) is 16.8 Å². The third-order valence-electron chi connectivity index (χ3n) is 3.13. The van der Waals surface area contributed by atoms with Gasteiger partial charge >= 0.3 is 6.03 Å². The van der Waals surface area contributed by atoms with Crippen molar-refractivity contribution in [1.82, 2.24) is 10.6 Å². The normalized spacial score (nSPS) is 13.4. The number of carbonyl (C=O) groups excluding carboxylic acids is 1. The minimum atomic E-state index is -1.09. The molecule has 0 saturated heterocycles. The average Bonchev–Trinajstić information content (AvgIpc) is 3.00. The lowest BCUT2D eigenvalue weighted by molar-refractivity contribution is 0.0598. The Morgan fingerprint density at radius 2 is 1.95 bits per heavy atom. The fraction of sp³-hybridized carbons (Fsp3) is 0.267. The molecule has 1 atom stereocenters. The first-order chi connectivity index (χ1) is 9.97. The number of hydrogen-bond acceptors (Lipinski definition) is 4. The molecule has 0 saturated carbocycles. The predicted octanol–water partition coefficient (Wildman–Crippen LogP) is 2.16. The summed E-state index contributed by atoms with van der Waals surface area (Å²) >= 11 is 1.50. The van der Waals surface area contributed by atoms with Crippen molar-refractivity contribution in [2.45, 2.75) is 19.1 Å². The van der Waals surface area contributed by atoms with Crippen molar-refractivity contribution >= 4 is 17.4 Å². The number of aromatic hydroxyl groups is 1. The van der Waals surface area contributed by atoms with Crippen molar-refractivity contribution in [1.29, 1.82) is 0 Å². The highest BCUT2D eigenvalue weighted by Gasteiger charge is 2.23. The zero-order valence-corrected chi connectivity index (χ0v) is 12.5. The van der Waals surface area contributed by atoms with Crippen LogP contribution in [0.4, 0.5) is 4.79 Å². The molecule has 0 aliphatic rings. The lowest BCUT2D eigenvalue weighted by Gasteiger charge is -2.22. The zero-order chi connectivity index (χ0) is 15.3. The van der Waals surface area contributed by atoms with Crippen LogP contribution < -0.4 is 10.6 Å². The molecule has 0 spiro atoms. The highest BCUT2D eigenvalue weighted by Crippen LogP contribution is 2.21. The molecule has 2 aromatic rings. The maximum Gasteiger partial charge on any atom is 0.315 e. The molecule has 0 aliphatic heterocycles. The Balaban J connectivity index is 1.78. The van der Waals surface area contributed by atoms with Crippen LogP contribution in [-0.2, 0) is 12.1 Å². The standard InChI is InChI=1S/C15H18N2O3S/c1-15(20,12-6-7-21-9-12)10-17-14(19)16-8-11-2-4-13(18)5-3-11/h2-7,9,18,20H,8,10H2,1H3,(H2,16,17,19). The highest BCUT2D eigenvalue weighted by atomic mass is 32.1. The van der Waals surface area contributed by atoms with Crippen LogP contribution in [0.25, 0.3) is 0 Å². The Hall–Kier alpha value is -2.05. The first-order valence-electron chi connectivity index (χ1n) is 6.52. The van der Waals surface area contributed by atoms with E-state index in [0.717, 1.165) is 11.1 Å². The largest absolute Gasteiger partial charge is 0.508 e. The molecule has 0 aliphatic carbocycles. The van der Waals surface area contributed by atoms with Gasteiger partial charge in [-0.15, -0.1) is 0 Å². The maximum absolute atomic E-state index is 11.7. The number of amides is 2. The number of hydrogen-bond donors (Lipinski definition) is 4. The zero-order valence-electron chi connectivity index (χ0n) is 11.7. The van der Waals surface area contributed by atoms with Crippen molar-refractivity contribution in [3.8, 4) is 5.75 Å². The van der Waals surface area contributed by atoms with Crippen molar-refractivity contribution in [2.24, 2.45) is 0 Å². The Morgan fingerprint density at radius 1 is 1.24 bits per heavy atom. The number of phenols is 1. The summed E-state index contributed by atoms with van der Waals surface area (Å²) in [6, 6.07) is 8.08. The van der Waals surface area contributed by atoms with Crippen LogP contribution in [0.5, 0.6) is 5.75 Å². The number of thiophene rings is 1. The highest BCUT2D eigenvalue weighted by molar-refractivity contribution is 7.08. The number of carbonyl (C=O) groups is 1. The van der Waals surface area contributed by atoms with Gasteiger partial charge in [0.05, 0.1) is 6.54 Å². The number of benzene rings is 1. The Bertz CT molecular complexity index is 579. The van der Waals surface area contributed by atoms with Crippen LogP contribution in [0, 0.1) is 0 Å². The van der Waals surface area contributed by atoms with E-state index in [2.05, 4.69) is 10.6 Å². The number of phenolic OH excluding ortho intramolecular Hbond substituents is 1. The predicted molar refractivity (Wildman–Crippen MR) is 82.2 cm³/mol. The first kappa shape index (κ1) is 15.3. The van der Waals surface area contributed by atoms with Crippen molar-refractivity contribution in [3.05, 3.63) is 52.2 Å². The third kappa shape index (κ3) is 4.47. The van der Waals surface area contributed by atoms with Gasteiger partial charge in [-0.25, -0.2) is 4.79 Å². The Morgan fingerprint density at radius 3 is 2.57 bits per heavy atom. The fourth-order valence-electron chi connectivity index (χ4n) is 1.78. The molecule has 6 heteroatoms. The van der Waals surface area contributed by atoms with Gasteiger partial charge in [-0.05, 0) is 47.0 Å². The van der Waals surface area contributed by atoms with Crippen LogP contribution in [-0.4, -0.2) is 22.8 Å². The van der Waals surface area contributed by atoms with Crippen molar-refractivity contribution in [3.63, 3.8) is 0 Å². The SMILES string of the molecule is CC(O)(CNC(=O)NCc1ccc(O)cc1)c1ccsc1. The van der Waals surface area contributed by atoms with Gasteiger partial charge in [-0.2, -0.15) is 11.3 Å². The van der Waals surface area contributed by atoms with Gasteiger partial charge < -0.3 is 20.8 Å². The second kappa shape index (κ2) is 6.60. The molecule has 2 amide bonds. The molecular formula is C15H18N2O3S. The number of aliphatic hydroxyl groups is 1. The van der Waals surface area contributed by atoms with Gasteiger partial charge in [0.1, 0.15) is 11.4 Å². The van der Waals surface area contributed by atoms with Gasteiger partial charge in [0, 0.05) is 6.54 Å². The van der Waals surface area contributed by atoms with Crippen molar-refractivity contribution in [2.75, 3.05) is 6.54 Å². The monoisotopic (exact) mass is 306 g/mol. The summed E-state index contributed by atoms with van der Waals surface area (Å²) in [4.78, 5) is 11.7. The molecule has 2 rings (SSSR count). The average molecular weight is 306 g/mol. The van der Waals surface area contributed by atoms with Crippen LogP contribution >= 0.6 is 11.3 Å². The van der Waals surface area contributed by atoms with Crippen LogP contribution in [0.2, 0.25) is 0 Å². The van der Waals surface area contributed by atoms with E-state index in [1.54, 1.807) is 31.2 Å². The van der Waals surface area contributed by atoms with Crippen LogP contribution in [0.15, 0.2) is 41.1 Å². The molecule has 0 bridgehead atoms. The quantitative estimate of drug-likeness (QED) is 0.683. The van der Waals surface area contributed by atoms with E-state index in [-0.39, 0.29) is 18.3 Å². The molecule has 1 heterocycles. The summed E-state index contributed by atoms with van der Waals surface area (Å²) in [7, 11) is 0. The summed E-state index contributed by atoms with van der Waals surface area (Å²) in [5, 5.41) is 28.5. The molecule has 0 radical (unpaired) electrons. The van der Waals surface area contributed by atoms with Gasteiger partial charge in [0.25, 0.3) is 0 Å². The lowest BCUT2D eigenvalue weighted by atomic mass is 9.99. The van der Waals surface area contributed by atoms with Crippen LogP contribution in [0.3, 0.4) is 0 Å². The lowest BCUT2D eigenvalue weighted by Crippen LogP contribution is -2.43.